The first kappa shape index (κ1) is 9.90. The van der Waals surface area contributed by atoms with Gasteiger partial charge < -0.3 is 4.55 Å². The van der Waals surface area contributed by atoms with Crippen molar-refractivity contribution in [1.29, 1.82) is 5.26 Å². The maximum Gasteiger partial charge on any atom is 0.160 e. The Morgan fingerprint density at radius 1 is 1.46 bits per heavy atom. The van der Waals surface area contributed by atoms with Gasteiger partial charge >= 0.3 is 0 Å². The molecule has 0 amide bonds. The Morgan fingerprint density at radius 2 is 2.00 bits per heavy atom. The van der Waals surface area contributed by atoms with Gasteiger partial charge in [0, 0.05) is 0 Å². The van der Waals surface area contributed by atoms with Gasteiger partial charge in [0.1, 0.15) is 0 Å². The van der Waals surface area contributed by atoms with Crippen LogP contribution in [-0.2, 0) is 11.1 Å². The molecule has 0 saturated heterocycles. The van der Waals surface area contributed by atoms with Crippen LogP contribution in [0.3, 0.4) is 0 Å². The van der Waals surface area contributed by atoms with Crippen molar-refractivity contribution in [2.24, 2.45) is 0 Å². The summed E-state index contributed by atoms with van der Waals surface area (Å²) in [7, 11) is 0. The van der Waals surface area contributed by atoms with E-state index in [1.165, 1.54) is 0 Å². The number of nitriles is 1. The number of benzene rings is 1. The molecule has 13 heavy (non-hydrogen) atoms. The fraction of sp³-hybridized carbons (Fsp3) is 0.222. The minimum Gasteiger partial charge on any atom is -0.306 e. The van der Waals surface area contributed by atoms with Gasteiger partial charge in [-0.15, -0.1) is 0 Å². The molecule has 0 heterocycles. The summed E-state index contributed by atoms with van der Waals surface area (Å²) in [6.45, 7) is 1.66. The van der Waals surface area contributed by atoms with Gasteiger partial charge in [-0.2, -0.15) is 5.26 Å². The van der Waals surface area contributed by atoms with Crippen LogP contribution in [0.5, 0.6) is 0 Å². The van der Waals surface area contributed by atoms with Crippen molar-refractivity contribution in [2.45, 2.75) is 12.2 Å². The smallest absolute Gasteiger partial charge is 0.160 e. The van der Waals surface area contributed by atoms with E-state index in [9.17, 15) is 4.21 Å². The first-order valence-corrected chi connectivity index (χ1v) is 4.92. The summed E-state index contributed by atoms with van der Waals surface area (Å²) in [4.78, 5) is 0. The Kier molecular flexibility index (Phi) is 3.18. The molecule has 0 aliphatic heterocycles. The molecule has 0 radical (unpaired) electrons. The summed E-state index contributed by atoms with van der Waals surface area (Å²) < 4.78 is 19.5. The second kappa shape index (κ2) is 4.17. The zero-order chi connectivity index (χ0) is 9.84. The summed E-state index contributed by atoms with van der Waals surface area (Å²) in [5.74, 6) is 0. The minimum absolute atomic E-state index is 0.409. The molecule has 1 aromatic carbocycles. The Morgan fingerprint density at radius 3 is 2.38 bits per heavy atom. The second-order valence-electron chi connectivity index (χ2n) is 2.65. The van der Waals surface area contributed by atoms with Crippen molar-refractivity contribution < 1.29 is 8.76 Å². The van der Waals surface area contributed by atoms with Gasteiger partial charge in [-0.25, -0.2) is 4.21 Å². The lowest BCUT2D eigenvalue weighted by Gasteiger charge is -2.05. The molecule has 0 spiro atoms. The molecule has 0 fully saturated rings. The molecular weight excluding hydrogens is 186 g/mol. The van der Waals surface area contributed by atoms with Gasteiger partial charge in [0.25, 0.3) is 0 Å². The van der Waals surface area contributed by atoms with Gasteiger partial charge in [-0.3, -0.25) is 0 Å². The molecule has 1 rings (SSSR count). The Hall–Kier alpha value is -1.18. The summed E-state index contributed by atoms with van der Waals surface area (Å²) in [5.41, 5.74) is 1.32. The van der Waals surface area contributed by atoms with E-state index in [0.29, 0.717) is 5.56 Å². The molecule has 1 aromatic rings. The lowest BCUT2D eigenvalue weighted by atomic mass is 10.1. The highest BCUT2D eigenvalue weighted by molar-refractivity contribution is 7.79. The highest BCUT2D eigenvalue weighted by Crippen LogP contribution is 2.17. The summed E-state index contributed by atoms with van der Waals surface area (Å²) in [6.07, 6.45) is 0. The monoisotopic (exact) mass is 195 g/mol. The fourth-order valence-electron chi connectivity index (χ4n) is 0.945. The molecule has 4 heteroatoms. The molecule has 0 bridgehead atoms. The third-order valence-electron chi connectivity index (χ3n) is 1.81. The second-order valence-corrected chi connectivity index (χ2v) is 3.91. The van der Waals surface area contributed by atoms with E-state index >= 15 is 0 Å². The van der Waals surface area contributed by atoms with E-state index in [0.717, 1.165) is 5.56 Å². The number of hydrogen-bond acceptors (Lipinski definition) is 2. The van der Waals surface area contributed by atoms with Crippen LogP contribution in [0.1, 0.15) is 23.3 Å². The first-order chi connectivity index (χ1) is 6.15. The molecule has 3 nitrogen and oxygen atoms in total. The first-order valence-electron chi connectivity index (χ1n) is 3.75. The number of nitrogens with zero attached hydrogens (tertiary/aromatic N) is 1. The van der Waals surface area contributed by atoms with E-state index in [4.69, 9.17) is 9.81 Å². The fourth-order valence-corrected chi connectivity index (χ4v) is 1.34. The highest BCUT2D eigenvalue weighted by Gasteiger charge is 2.10. The third-order valence-corrected chi connectivity index (χ3v) is 2.69. The summed E-state index contributed by atoms with van der Waals surface area (Å²) in [6, 6.07) is 8.64. The van der Waals surface area contributed by atoms with Gasteiger partial charge in [0.15, 0.2) is 11.1 Å². The van der Waals surface area contributed by atoms with Crippen molar-refractivity contribution in [3.63, 3.8) is 0 Å². The van der Waals surface area contributed by atoms with Crippen molar-refractivity contribution in [1.82, 2.24) is 0 Å². The number of hydrogen-bond donors (Lipinski definition) is 1. The highest BCUT2D eigenvalue weighted by atomic mass is 32.2. The van der Waals surface area contributed by atoms with Crippen molar-refractivity contribution in [2.75, 3.05) is 0 Å². The van der Waals surface area contributed by atoms with Gasteiger partial charge in [-0.1, -0.05) is 12.1 Å². The van der Waals surface area contributed by atoms with Crippen LogP contribution in [0.2, 0.25) is 0 Å². The van der Waals surface area contributed by atoms with Crippen LogP contribution in [0.25, 0.3) is 0 Å². The predicted molar refractivity (Wildman–Crippen MR) is 50.3 cm³/mol. The third kappa shape index (κ3) is 2.38. The van der Waals surface area contributed by atoms with E-state index in [1.807, 2.05) is 6.07 Å². The van der Waals surface area contributed by atoms with Crippen LogP contribution in [-0.4, -0.2) is 8.76 Å². The lowest BCUT2D eigenvalue weighted by molar-refractivity contribution is 0.554. The average molecular weight is 195 g/mol. The maximum atomic E-state index is 10.7. The molecule has 2 atom stereocenters. The largest absolute Gasteiger partial charge is 0.306 e. The quantitative estimate of drug-likeness (QED) is 0.732. The Balaban J connectivity index is 2.93. The molecule has 0 aliphatic rings. The van der Waals surface area contributed by atoms with E-state index in [-0.39, 0.29) is 0 Å². The van der Waals surface area contributed by atoms with Gasteiger partial charge in [0.2, 0.25) is 0 Å². The SMILES string of the molecule is CC(c1ccc(C#N)cc1)S(=O)O. The van der Waals surface area contributed by atoms with Crippen molar-refractivity contribution in [3.05, 3.63) is 35.4 Å². The van der Waals surface area contributed by atoms with Crippen LogP contribution in [0.4, 0.5) is 0 Å². The van der Waals surface area contributed by atoms with Gasteiger partial charge in [-0.05, 0) is 24.6 Å². The van der Waals surface area contributed by atoms with Crippen molar-refractivity contribution >= 4 is 11.1 Å². The van der Waals surface area contributed by atoms with E-state index in [1.54, 1.807) is 31.2 Å². The minimum atomic E-state index is -1.85. The van der Waals surface area contributed by atoms with Gasteiger partial charge in [0.05, 0.1) is 16.9 Å². The van der Waals surface area contributed by atoms with E-state index in [2.05, 4.69) is 0 Å². The molecular formula is C9H9NO2S. The summed E-state index contributed by atoms with van der Waals surface area (Å²) in [5, 5.41) is 8.11. The van der Waals surface area contributed by atoms with E-state index < -0.39 is 16.3 Å². The van der Waals surface area contributed by atoms with Crippen LogP contribution >= 0.6 is 0 Å². The molecule has 1 N–H and O–H groups in total. The van der Waals surface area contributed by atoms with Crippen LogP contribution in [0.15, 0.2) is 24.3 Å². The van der Waals surface area contributed by atoms with Crippen LogP contribution < -0.4 is 0 Å². The molecule has 2 unspecified atom stereocenters. The van der Waals surface area contributed by atoms with Crippen molar-refractivity contribution in [3.8, 4) is 6.07 Å². The zero-order valence-corrected chi connectivity index (χ0v) is 7.91. The zero-order valence-electron chi connectivity index (χ0n) is 7.10. The number of rotatable bonds is 2. The maximum absolute atomic E-state index is 10.7. The Labute approximate surface area is 79.3 Å². The molecule has 0 aliphatic carbocycles. The van der Waals surface area contributed by atoms with Crippen LogP contribution in [0, 0.1) is 11.3 Å². The predicted octanol–water partition coefficient (Wildman–Crippen LogP) is 1.84. The molecule has 0 saturated carbocycles. The average Bonchev–Trinajstić information content (AvgIpc) is 2.17. The normalized spacial score (nSPS) is 14.5. The summed E-state index contributed by atoms with van der Waals surface area (Å²) >= 11 is -1.85. The molecule has 68 valence electrons. The topological polar surface area (TPSA) is 61.1 Å². The molecule has 0 aromatic heterocycles. The Bertz CT molecular complexity index is 353. The standard InChI is InChI=1S/C9H9NO2S/c1-7(13(11)12)9-4-2-8(6-10)3-5-9/h2-5,7H,1H3,(H,11,12). The lowest BCUT2D eigenvalue weighted by Crippen LogP contribution is -2.00.